The van der Waals surface area contributed by atoms with E-state index in [1.54, 1.807) is 0 Å². The fourth-order valence-corrected chi connectivity index (χ4v) is 3.61. The van der Waals surface area contributed by atoms with Gasteiger partial charge in [-0.1, -0.05) is 64.0 Å². The molecule has 0 aromatic heterocycles. The van der Waals surface area contributed by atoms with Gasteiger partial charge in [0.15, 0.2) is 17.2 Å². The van der Waals surface area contributed by atoms with Gasteiger partial charge in [-0.2, -0.15) is 0 Å². The summed E-state index contributed by atoms with van der Waals surface area (Å²) in [5.41, 5.74) is 0.109. The summed E-state index contributed by atoms with van der Waals surface area (Å²) in [6, 6.07) is 2.26. The second-order valence-corrected chi connectivity index (χ2v) is 8.47. The van der Waals surface area contributed by atoms with Crippen molar-refractivity contribution in [2.75, 3.05) is 7.11 Å². The zero-order valence-corrected chi connectivity index (χ0v) is 20.1. The number of phenolic OH excluding ortho intramolecular Hbond substituents is 3. The number of carbonyl (C=O) groups is 2. The van der Waals surface area contributed by atoms with Crippen molar-refractivity contribution in [2.24, 2.45) is 0 Å². The highest BCUT2D eigenvalue weighted by Crippen LogP contribution is 2.35. The van der Waals surface area contributed by atoms with E-state index in [0.717, 1.165) is 82.8 Å². The summed E-state index contributed by atoms with van der Waals surface area (Å²) in [5.74, 6) is -2.21. The van der Waals surface area contributed by atoms with Crippen LogP contribution in [-0.4, -0.2) is 40.3 Å². The Labute approximate surface area is 197 Å². The van der Waals surface area contributed by atoms with Crippen LogP contribution < -0.4 is 5.32 Å². The molecular formula is C26H41NO6. The maximum atomic E-state index is 12.6. The number of hydrogen-bond acceptors (Lipinski definition) is 6. The van der Waals surface area contributed by atoms with E-state index < -0.39 is 17.2 Å². The number of aromatic hydroxyl groups is 3. The lowest BCUT2D eigenvalue weighted by Crippen LogP contribution is -2.34. The van der Waals surface area contributed by atoms with Crippen LogP contribution in [0.1, 0.15) is 101 Å². The van der Waals surface area contributed by atoms with Crippen LogP contribution in [0.5, 0.6) is 17.2 Å². The minimum Gasteiger partial charge on any atom is -0.504 e. The summed E-state index contributed by atoms with van der Waals surface area (Å²) in [5, 5.41) is 31.8. The molecule has 7 heteroatoms. The molecule has 0 fully saturated rings. The molecule has 0 radical (unpaired) electrons. The molecule has 0 aliphatic rings. The maximum Gasteiger partial charge on any atom is 0.305 e. The number of benzene rings is 1. The maximum absolute atomic E-state index is 12.6. The molecule has 0 spiro atoms. The van der Waals surface area contributed by atoms with Crippen molar-refractivity contribution in [3.8, 4) is 17.2 Å². The fraction of sp³-hybridized carbons (Fsp3) is 0.615. The number of unbranched alkanes of at least 4 members (excludes halogenated alkanes) is 8. The standard InChI is InChI=1S/C26H41NO6/c1-3-4-5-12-15-21(27-26(32)20-18-22(28)25(31)23(29)19-20)16-13-10-8-6-7-9-11-14-17-24(30)33-2/h10,13,18-19,21,28-29,31H,3-9,11-12,14-17H2,1-2H3,(H,27,32)/b13-10-. The molecular weight excluding hydrogens is 422 g/mol. The van der Waals surface area contributed by atoms with Gasteiger partial charge in [-0.25, -0.2) is 0 Å². The molecule has 0 heterocycles. The summed E-state index contributed by atoms with van der Waals surface area (Å²) in [6.07, 6.45) is 17.0. The van der Waals surface area contributed by atoms with Gasteiger partial charge in [-0.05, 0) is 44.2 Å². The molecule has 1 rings (SSSR count). The predicted octanol–water partition coefficient (Wildman–Crippen LogP) is 5.72. The molecule has 1 atom stereocenters. The van der Waals surface area contributed by atoms with E-state index in [4.69, 9.17) is 0 Å². The van der Waals surface area contributed by atoms with Gasteiger partial charge in [0.1, 0.15) is 0 Å². The van der Waals surface area contributed by atoms with Gasteiger partial charge in [0.25, 0.3) is 5.91 Å². The fourth-order valence-electron chi connectivity index (χ4n) is 3.61. The minimum atomic E-state index is -0.630. The summed E-state index contributed by atoms with van der Waals surface area (Å²) < 4.78 is 4.64. The van der Waals surface area contributed by atoms with E-state index in [-0.39, 0.29) is 23.5 Å². The second-order valence-electron chi connectivity index (χ2n) is 8.47. The third-order valence-electron chi connectivity index (χ3n) is 5.64. The number of phenols is 3. The van der Waals surface area contributed by atoms with Gasteiger partial charge < -0.3 is 25.4 Å². The quantitative estimate of drug-likeness (QED) is 0.102. The van der Waals surface area contributed by atoms with E-state index in [1.165, 1.54) is 7.11 Å². The van der Waals surface area contributed by atoms with Crippen LogP contribution in [0.3, 0.4) is 0 Å². The molecule has 0 saturated heterocycles. The molecule has 0 bridgehead atoms. The smallest absolute Gasteiger partial charge is 0.305 e. The third kappa shape index (κ3) is 12.2. The zero-order chi connectivity index (χ0) is 24.5. The van der Waals surface area contributed by atoms with Crippen LogP contribution >= 0.6 is 0 Å². The van der Waals surface area contributed by atoms with Gasteiger partial charge in [0, 0.05) is 18.0 Å². The Balaban J connectivity index is 2.44. The Kier molecular flexibility index (Phi) is 14.5. The number of methoxy groups -OCH3 is 1. The van der Waals surface area contributed by atoms with Gasteiger partial charge in [0.05, 0.1) is 7.11 Å². The Morgan fingerprint density at radius 1 is 0.939 bits per heavy atom. The topological polar surface area (TPSA) is 116 Å². The highest BCUT2D eigenvalue weighted by molar-refractivity contribution is 5.95. The Hall–Kier alpha value is -2.70. The monoisotopic (exact) mass is 463 g/mol. The van der Waals surface area contributed by atoms with Crippen molar-refractivity contribution in [2.45, 2.75) is 96.4 Å². The van der Waals surface area contributed by atoms with Gasteiger partial charge in [-0.3, -0.25) is 9.59 Å². The molecule has 7 nitrogen and oxygen atoms in total. The molecule has 0 aliphatic carbocycles. The normalized spacial score (nSPS) is 12.1. The average Bonchev–Trinajstić information content (AvgIpc) is 2.80. The lowest BCUT2D eigenvalue weighted by Gasteiger charge is -2.18. The second kappa shape index (κ2) is 16.9. The lowest BCUT2D eigenvalue weighted by atomic mass is 10.0. The van der Waals surface area contributed by atoms with E-state index >= 15 is 0 Å². The van der Waals surface area contributed by atoms with E-state index in [2.05, 4.69) is 29.1 Å². The number of nitrogens with one attached hydrogen (secondary N) is 1. The minimum absolute atomic E-state index is 0.0398. The van der Waals surface area contributed by atoms with Crippen LogP contribution in [0.4, 0.5) is 0 Å². The molecule has 186 valence electrons. The summed E-state index contributed by atoms with van der Waals surface area (Å²) in [6.45, 7) is 2.16. The van der Waals surface area contributed by atoms with Gasteiger partial charge >= 0.3 is 5.97 Å². The average molecular weight is 464 g/mol. The Bertz CT molecular complexity index is 723. The molecule has 1 aromatic rings. The number of allylic oxidation sites excluding steroid dienone is 1. The van der Waals surface area contributed by atoms with Crippen LogP contribution in [-0.2, 0) is 9.53 Å². The van der Waals surface area contributed by atoms with Crippen LogP contribution in [0, 0.1) is 0 Å². The van der Waals surface area contributed by atoms with Crippen molar-refractivity contribution in [3.05, 3.63) is 29.8 Å². The number of hydrogen-bond donors (Lipinski definition) is 4. The van der Waals surface area contributed by atoms with E-state index in [9.17, 15) is 24.9 Å². The van der Waals surface area contributed by atoms with Crippen LogP contribution in [0.25, 0.3) is 0 Å². The molecule has 4 N–H and O–H groups in total. The summed E-state index contributed by atoms with van der Waals surface area (Å²) in [4.78, 5) is 23.7. The van der Waals surface area contributed by atoms with E-state index in [0.29, 0.717) is 12.8 Å². The Morgan fingerprint density at radius 3 is 2.24 bits per heavy atom. The van der Waals surface area contributed by atoms with Crippen LogP contribution in [0.15, 0.2) is 24.3 Å². The Morgan fingerprint density at radius 2 is 1.58 bits per heavy atom. The summed E-state index contributed by atoms with van der Waals surface area (Å²) in [7, 11) is 1.42. The predicted molar refractivity (Wildman–Crippen MR) is 130 cm³/mol. The lowest BCUT2D eigenvalue weighted by molar-refractivity contribution is -0.140. The SMILES string of the molecule is CCCCCCC(C/C=C\CCCCCCCC(=O)OC)NC(=O)c1cc(O)c(O)c(O)c1. The zero-order valence-electron chi connectivity index (χ0n) is 20.1. The molecule has 1 amide bonds. The first kappa shape index (κ1) is 28.3. The van der Waals surface area contributed by atoms with Crippen molar-refractivity contribution >= 4 is 11.9 Å². The van der Waals surface area contributed by atoms with Crippen molar-refractivity contribution < 1.29 is 29.6 Å². The van der Waals surface area contributed by atoms with Crippen molar-refractivity contribution in [1.82, 2.24) is 5.32 Å². The van der Waals surface area contributed by atoms with Crippen molar-refractivity contribution in [1.29, 1.82) is 0 Å². The number of carbonyl (C=O) groups excluding carboxylic acids is 2. The first-order valence-corrected chi connectivity index (χ1v) is 12.2. The molecule has 33 heavy (non-hydrogen) atoms. The largest absolute Gasteiger partial charge is 0.504 e. The number of amides is 1. The first-order chi connectivity index (χ1) is 15.9. The molecule has 1 aromatic carbocycles. The highest BCUT2D eigenvalue weighted by Gasteiger charge is 2.16. The van der Waals surface area contributed by atoms with E-state index in [1.807, 2.05) is 0 Å². The van der Waals surface area contributed by atoms with Crippen molar-refractivity contribution in [3.63, 3.8) is 0 Å². The number of rotatable bonds is 17. The number of ether oxygens (including phenoxy) is 1. The molecule has 0 aliphatic heterocycles. The van der Waals surface area contributed by atoms with Gasteiger partial charge in [-0.15, -0.1) is 0 Å². The third-order valence-corrected chi connectivity index (χ3v) is 5.64. The molecule has 0 saturated carbocycles. The highest BCUT2D eigenvalue weighted by atomic mass is 16.5. The molecule has 1 unspecified atom stereocenters. The number of esters is 1. The summed E-state index contributed by atoms with van der Waals surface area (Å²) >= 11 is 0. The van der Waals surface area contributed by atoms with Crippen LogP contribution in [0.2, 0.25) is 0 Å². The van der Waals surface area contributed by atoms with Gasteiger partial charge in [0.2, 0.25) is 0 Å². The first-order valence-electron chi connectivity index (χ1n) is 12.2.